The van der Waals surface area contributed by atoms with Crippen molar-refractivity contribution >= 4 is 6.29 Å². The molecule has 0 bridgehead atoms. The maximum atomic E-state index is 10.2. The van der Waals surface area contributed by atoms with Crippen LogP contribution in [-0.2, 0) is 4.79 Å². The van der Waals surface area contributed by atoms with Crippen LogP contribution in [0.5, 0.6) is 0 Å². The average molecular weight is 138 g/mol. The highest BCUT2D eigenvalue weighted by Crippen LogP contribution is 2.05. The van der Waals surface area contributed by atoms with Crippen molar-refractivity contribution in [2.75, 3.05) is 0 Å². The summed E-state index contributed by atoms with van der Waals surface area (Å²) >= 11 is 0. The van der Waals surface area contributed by atoms with Crippen LogP contribution >= 0.6 is 0 Å². The highest BCUT2D eigenvalue weighted by molar-refractivity contribution is 5.72. The third-order valence-corrected chi connectivity index (χ3v) is 1.27. The molecule has 1 nitrogen and oxygen atoms in total. The second kappa shape index (κ2) is 4.98. The van der Waals surface area contributed by atoms with Gasteiger partial charge in [0.25, 0.3) is 0 Å². The number of allylic oxidation sites excluding steroid dienone is 3. The van der Waals surface area contributed by atoms with Crippen LogP contribution in [0.3, 0.4) is 0 Å². The predicted molar refractivity (Wildman–Crippen MR) is 43.8 cm³/mol. The molecular weight excluding hydrogens is 124 g/mol. The molecule has 0 fully saturated rings. The molecule has 0 radical (unpaired) electrons. The van der Waals surface area contributed by atoms with Crippen molar-refractivity contribution in [3.05, 3.63) is 24.3 Å². The monoisotopic (exact) mass is 138 g/mol. The highest BCUT2D eigenvalue weighted by atomic mass is 16.1. The van der Waals surface area contributed by atoms with Crippen LogP contribution in [0.1, 0.15) is 20.3 Å². The van der Waals surface area contributed by atoms with E-state index < -0.39 is 0 Å². The highest BCUT2D eigenvalue weighted by Gasteiger charge is 1.93. The molecule has 0 saturated carbocycles. The summed E-state index contributed by atoms with van der Waals surface area (Å²) in [6.07, 6.45) is 5.62. The van der Waals surface area contributed by atoms with E-state index >= 15 is 0 Å². The molecule has 0 aliphatic heterocycles. The molecule has 0 amide bonds. The SMILES string of the molecule is C=CCC(C)C=C(C)C=O. The van der Waals surface area contributed by atoms with Crippen molar-refractivity contribution in [2.45, 2.75) is 20.3 Å². The summed E-state index contributed by atoms with van der Waals surface area (Å²) in [7, 11) is 0. The van der Waals surface area contributed by atoms with Gasteiger partial charge in [0.05, 0.1) is 0 Å². The van der Waals surface area contributed by atoms with Gasteiger partial charge in [-0.25, -0.2) is 0 Å². The zero-order valence-corrected chi connectivity index (χ0v) is 6.63. The lowest BCUT2D eigenvalue weighted by Crippen LogP contribution is -1.88. The molecule has 0 saturated heterocycles. The molecule has 56 valence electrons. The van der Waals surface area contributed by atoms with Gasteiger partial charge in [-0.05, 0) is 24.8 Å². The minimum atomic E-state index is 0.433. The normalized spacial score (nSPS) is 14.4. The number of hydrogen-bond acceptors (Lipinski definition) is 1. The van der Waals surface area contributed by atoms with Crippen LogP contribution in [0, 0.1) is 5.92 Å². The number of aldehydes is 1. The number of carbonyl (C=O) groups excluding carboxylic acids is 1. The lowest BCUT2D eigenvalue weighted by atomic mass is 10.1. The van der Waals surface area contributed by atoms with Crippen LogP contribution in [-0.4, -0.2) is 6.29 Å². The fourth-order valence-electron chi connectivity index (χ4n) is 0.819. The van der Waals surface area contributed by atoms with E-state index in [0.29, 0.717) is 5.92 Å². The Morgan fingerprint density at radius 3 is 2.70 bits per heavy atom. The minimum absolute atomic E-state index is 0.433. The molecule has 10 heavy (non-hydrogen) atoms. The molecule has 0 heterocycles. The first kappa shape index (κ1) is 9.15. The number of carbonyl (C=O) groups is 1. The Kier molecular flexibility index (Phi) is 4.55. The molecule has 0 aromatic rings. The fraction of sp³-hybridized carbons (Fsp3) is 0.444. The number of hydrogen-bond donors (Lipinski definition) is 0. The van der Waals surface area contributed by atoms with E-state index in [0.717, 1.165) is 18.3 Å². The van der Waals surface area contributed by atoms with E-state index in [1.807, 2.05) is 19.1 Å². The van der Waals surface area contributed by atoms with Crippen molar-refractivity contribution in [1.82, 2.24) is 0 Å². The van der Waals surface area contributed by atoms with Crippen LogP contribution in [0.25, 0.3) is 0 Å². The van der Waals surface area contributed by atoms with E-state index in [-0.39, 0.29) is 0 Å². The standard InChI is InChI=1S/C9H14O/c1-4-5-8(2)6-9(3)7-10/h4,6-8H,1,5H2,2-3H3. The van der Waals surface area contributed by atoms with Crippen LogP contribution in [0.15, 0.2) is 24.3 Å². The predicted octanol–water partition coefficient (Wildman–Crippen LogP) is 2.34. The Morgan fingerprint density at radius 1 is 1.70 bits per heavy atom. The zero-order valence-electron chi connectivity index (χ0n) is 6.63. The average Bonchev–Trinajstić information content (AvgIpc) is 1.88. The van der Waals surface area contributed by atoms with Gasteiger partial charge in [0, 0.05) is 0 Å². The van der Waals surface area contributed by atoms with E-state index in [9.17, 15) is 4.79 Å². The molecule has 0 aromatic carbocycles. The Balaban J connectivity index is 3.84. The quantitative estimate of drug-likeness (QED) is 0.331. The van der Waals surface area contributed by atoms with E-state index in [2.05, 4.69) is 13.5 Å². The fourth-order valence-corrected chi connectivity index (χ4v) is 0.819. The summed E-state index contributed by atoms with van der Waals surface area (Å²) in [5.41, 5.74) is 0.800. The van der Waals surface area contributed by atoms with Gasteiger partial charge in [-0.2, -0.15) is 0 Å². The van der Waals surface area contributed by atoms with Gasteiger partial charge in [0.2, 0.25) is 0 Å². The molecule has 0 rings (SSSR count). The van der Waals surface area contributed by atoms with Gasteiger partial charge >= 0.3 is 0 Å². The van der Waals surface area contributed by atoms with Gasteiger partial charge in [-0.1, -0.05) is 19.1 Å². The molecule has 1 unspecified atom stereocenters. The molecule has 0 aliphatic carbocycles. The molecule has 0 aromatic heterocycles. The van der Waals surface area contributed by atoms with Crippen LogP contribution in [0.4, 0.5) is 0 Å². The topological polar surface area (TPSA) is 17.1 Å². The maximum Gasteiger partial charge on any atom is 0.145 e. The second-order valence-corrected chi connectivity index (χ2v) is 2.53. The molecule has 0 N–H and O–H groups in total. The maximum absolute atomic E-state index is 10.2. The van der Waals surface area contributed by atoms with Gasteiger partial charge in [0.1, 0.15) is 6.29 Å². The Morgan fingerprint density at radius 2 is 2.30 bits per heavy atom. The van der Waals surface area contributed by atoms with Crippen molar-refractivity contribution in [1.29, 1.82) is 0 Å². The Bertz CT molecular complexity index is 145. The first-order valence-corrected chi connectivity index (χ1v) is 3.45. The summed E-state index contributed by atoms with van der Waals surface area (Å²) in [4.78, 5) is 10.2. The Hall–Kier alpha value is -0.850. The van der Waals surface area contributed by atoms with E-state index in [1.54, 1.807) is 0 Å². The summed E-state index contributed by atoms with van der Waals surface area (Å²) in [5, 5.41) is 0. The smallest absolute Gasteiger partial charge is 0.145 e. The van der Waals surface area contributed by atoms with Crippen LogP contribution < -0.4 is 0 Å². The lowest BCUT2D eigenvalue weighted by molar-refractivity contribution is -0.104. The van der Waals surface area contributed by atoms with Gasteiger partial charge in [-0.3, -0.25) is 4.79 Å². The van der Waals surface area contributed by atoms with Gasteiger partial charge in [0.15, 0.2) is 0 Å². The first-order valence-electron chi connectivity index (χ1n) is 3.45. The number of rotatable bonds is 4. The zero-order chi connectivity index (χ0) is 7.98. The van der Waals surface area contributed by atoms with E-state index in [4.69, 9.17) is 0 Å². The first-order chi connectivity index (χ1) is 4.70. The molecule has 0 aliphatic rings. The lowest BCUT2D eigenvalue weighted by Gasteiger charge is -2.00. The third-order valence-electron chi connectivity index (χ3n) is 1.27. The molecule has 0 spiro atoms. The van der Waals surface area contributed by atoms with Crippen molar-refractivity contribution in [3.8, 4) is 0 Å². The second-order valence-electron chi connectivity index (χ2n) is 2.53. The van der Waals surface area contributed by atoms with Crippen molar-refractivity contribution < 1.29 is 4.79 Å². The Labute approximate surface area is 62.4 Å². The summed E-state index contributed by atoms with van der Waals surface area (Å²) in [5.74, 6) is 0.433. The molecule has 1 atom stereocenters. The van der Waals surface area contributed by atoms with Crippen molar-refractivity contribution in [3.63, 3.8) is 0 Å². The van der Waals surface area contributed by atoms with E-state index in [1.165, 1.54) is 0 Å². The van der Waals surface area contributed by atoms with Gasteiger partial charge in [-0.15, -0.1) is 6.58 Å². The summed E-state index contributed by atoms with van der Waals surface area (Å²) in [6.45, 7) is 7.49. The van der Waals surface area contributed by atoms with Crippen LogP contribution in [0.2, 0.25) is 0 Å². The molecular formula is C9H14O. The summed E-state index contributed by atoms with van der Waals surface area (Å²) < 4.78 is 0. The minimum Gasteiger partial charge on any atom is -0.298 e. The summed E-state index contributed by atoms with van der Waals surface area (Å²) in [6, 6.07) is 0. The third kappa shape index (κ3) is 4.07. The molecule has 1 heteroatoms. The largest absolute Gasteiger partial charge is 0.298 e. The van der Waals surface area contributed by atoms with Crippen molar-refractivity contribution in [2.24, 2.45) is 5.92 Å². The van der Waals surface area contributed by atoms with Gasteiger partial charge < -0.3 is 0 Å².